The van der Waals surface area contributed by atoms with Crippen LogP contribution in [0.5, 0.6) is 5.75 Å². The van der Waals surface area contributed by atoms with Crippen LogP contribution < -0.4 is 4.74 Å². The van der Waals surface area contributed by atoms with Gasteiger partial charge in [0.2, 0.25) is 0 Å². The maximum absolute atomic E-state index is 11.3. The number of hydrogen-bond donors (Lipinski definition) is 1. The first-order chi connectivity index (χ1) is 23.9. The lowest BCUT2D eigenvalue weighted by Crippen LogP contribution is -2.50. The quantitative estimate of drug-likeness (QED) is 0.160. The van der Waals surface area contributed by atoms with Gasteiger partial charge in [-0.05, 0) is 126 Å². The summed E-state index contributed by atoms with van der Waals surface area (Å²) in [5.74, 6) is 1.50. The second kappa shape index (κ2) is 13.4. The van der Waals surface area contributed by atoms with Crippen LogP contribution in [-0.2, 0) is 29.7 Å². The van der Waals surface area contributed by atoms with Gasteiger partial charge in [0.05, 0.1) is 11.0 Å². The lowest BCUT2D eigenvalue weighted by Gasteiger charge is -2.56. The SMILES string of the molecule is CC(C)c1ccc2c(c1)CC[C@H]1[C@](C)(Cn3c(-c4cccc(OCC(=O)O)c4)nc4cc(-c5cccc(CN(C)C)c5)ccc43)CCC[C@]21C. The Balaban J connectivity index is 1.31. The summed E-state index contributed by atoms with van der Waals surface area (Å²) in [5.41, 5.74) is 11.4. The van der Waals surface area contributed by atoms with Crippen LogP contribution in [0.4, 0.5) is 0 Å². The molecule has 260 valence electrons. The summed E-state index contributed by atoms with van der Waals surface area (Å²) in [5, 5.41) is 9.26. The number of carboxylic acids is 1. The molecule has 2 aliphatic carbocycles. The van der Waals surface area contributed by atoms with Gasteiger partial charge < -0.3 is 19.3 Å². The van der Waals surface area contributed by atoms with E-state index in [1.54, 1.807) is 11.1 Å². The van der Waals surface area contributed by atoms with Gasteiger partial charge in [0.15, 0.2) is 6.61 Å². The van der Waals surface area contributed by atoms with Crippen LogP contribution in [0.25, 0.3) is 33.5 Å². The van der Waals surface area contributed by atoms with Crippen molar-refractivity contribution in [2.75, 3.05) is 20.7 Å². The third-order valence-electron chi connectivity index (χ3n) is 11.6. The normalized spacial score (nSPS) is 21.7. The van der Waals surface area contributed by atoms with Gasteiger partial charge in [-0.15, -0.1) is 0 Å². The minimum absolute atomic E-state index is 0.0559. The maximum Gasteiger partial charge on any atom is 0.341 e. The van der Waals surface area contributed by atoms with E-state index in [0.29, 0.717) is 17.6 Å². The molecule has 1 N–H and O–H groups in total. The third kappa shape index (κ3) is 6.46. The zero-order valence-electron chi connectivity index (χ0n) is 30.5. The molecule has 0 bridgehead atoms. The molecule has 0 radical (unpaired) electrons. The van der Waals surface area contributed by atoms with Crippen molar-refractivity contribution in [1.82, 2.24) is 14.5 Å². The van der Waals surface area contributed by atoms with E-state index >= 15 is 0 Å². The number of ether oxygens (including phenoxy) is 1. The van der Waals surface area contributed by atoms with E-state index in [4.69, 9.17) is 9.72 Å². The first-order valence-electron chi connectivity index (χ1n) is 18.3. The molecule has 0 saturated heterocycles. The van der Waals surface area contributed by atoms with Gasteiger partial charge in [-0.3, -0.25) is 0 Å². The van der Waals surface area contributed by atoms with Crippen molar-refractivity contribution in [3.8, 4) is 28.3 Å². The highest BCUT2D eigenvalue weighted by atomic mass is 16.5. The summed E-state index contributed by atoms with van der Waals surface area (Å²) in [6, 6.07) is 30.5. The van der Waals surface area contributed by atoms with Crippen molar-refractivity contribution in [1.29, 1.82) is 0 Å². The van der Waals surface area contributed by atoms with Gasteiger partial charge in [0.1, 0.15) is 11.6 Å². The summed E-state index contributed by atoms with van der Waals surface area (Å²) >= 11 is 0. The molecule has 3 atom stereocenters. The van der Waals surface area contributed by atoms with Gasteiger partial charge >= 0.3 is 5.97 Å². The highest BCUT2D eigenvalue weighted by Gasteiger charge is 2.52. The summed E-state index contributed by atoms with van der Waals surface area (Å²) in [7, 11) is 4.19. The molecule has 1 heterocycles. The molecule has 2 aliphatic rings. The van der Waals surface area contributed by atoms with Crippen LogP contribution in [0.3, 0.4) is 0 Å². The van der Waals surface area contributed by atoms with Crippen LogP contribution in [0.2, 0.25) is 0 Å². The zero-order chi connectivity index (χ0) is 35.2. The van der Waals surface area contributed by atoms with Crippen molar-refractivity contribution in [2.24, 2.45) is 11.3 Å². The molecule has 1 saturated carbocycles. The highest BCUT2D eigenvalue weighted by molar-refractivity contribution is 5.86. The molecule has 5 aromatic rings. The number of nitrogens with zero attached hydrogens (tertiary/aromatic N) is 3. The van der Waals surface area contributed by atoms with E-state index < -0.39 is 5.97 Å². The molecule has 0 spiro atoms. The third-order valence-corrected chi connectivity index (χ3v) is 11.6. The van der Waals surface area contributed by atoms with Crippen LogP contribution in [-0.4, -0.2) is 46.2 Å². The van der Waals surface area contributed by atoms with Crippen LogP contribution in [0.15, 0.2) is 84.9 Å². The Morgan fingerprint density at radius 2 is 1.74 bits per heavy atom. The summed E-state index contributed by atoms with van der Waals surface area (Å²) < 4.78 is 8.07. The Morgan fingerprint density at radius 1 is 0.960 bits per heavy atom. The number of aryl methyl sites for hydroxylation is 1. The van der Waals surface area contributed by atoms with Gasteiger partial charge in [-0.2, -0.15) is 0 Å². The van der Waals surface area contributed by atoms with E-state index in [1.807, 2.05) is 18.2 Å². The molecule has 0 unspecified atom stereocenters. The topological polar surface area (TPSA) is 67.6 Å². The predicted molar refractivity (Wildman–Crippen MR) is 203 cm³/mol. The number of benzene rings is 4. The van der Waals surface area contributed by atoms with Gasteiger partial charge in [-0.1, -0.05) is 88.7 Å². The zero-order valence-corrected chi connectivity index (χ0v) is 30.5. The molecule has 0 amide bonds. The maximum atomic E-state index is 11.3. The fourth-order valence-corrected chi connectivity index (χ4v) is 9.33. The van der Waals surface area contributed by atoms with Crippen molar-refractivity contribution in [3.05, 3.63) is 107 Å². The smallest absolute Gasteiger partial charge is 0.341 e. The molecule has 4 aromatic carbocycles. The van der Waals surface area contributed by atoms with Crippen LogP contribution in [0.1, 0.15) is 81.5 Å². The number of aromatic nitrogens is 2. The minimum Gasteiger partial charge on any atom is -0.482 e. The fourth-order valence-electron chi connectivity index (χ4n) is 9.33. The number of imidazole rings is 1. The first kappa shape index (κ1) is 34.0. The Hall–Kier alpha value is -4.42. The molecule has 1 fully saturated rings. The van der Waals surface area contributed by atoms with E-state index in [0.717, 1.165) is 47.5 Å². The number of hydrogen-bond acceptors (Lipinski definition) is 4. The standard InChI is InChI=1S/C44H51N3O3/c1-29(2)31-14-17-37-34(23-31)16-19-40-43(3,20-9-21-44(37,40)4)28-47-39-18-15-33(32-11-7-10-30(22-32)26-46(5)6)25-38(39)45-42(47)35-12-8-13-36(24-35)50-27-41(48)49/h7-8,10-15,17-18,22-25,29,40H,9,16,19-21,26-28H2,1-6H3,(H,48,49)/t40-,43-,44+/m0/s1. The Morgan fingerprint density at radius 3 is 2.52 bits per heavy atom. The van der Waals surface area contributed by atoms with Crippen molar-refractivity contribution >= 4 is 17.0 Å². The molecule has 6 nitrogen and oxygen atoms in total. The second-order valence-corrected chi connectivity index (χ2v) is 16.0. The fraction of sp³-hybridized carbons (Fsp3) is 0.409. The second-order valence-electron chi connectivity index (χ2n) is 16.0. The number of carboxylic acid groups (broad SMARTS) is 1. The molecule has 1 aromatic heterocycles. The van der Waals surface area contributed by atoms with Gasteiger partial charge in [0.25, 0.3) is 0 Å². The number of carbonyl (C=O) groups is 1. The predicted octanol–water partition coefficient (Wildman–Crippen LogP) is 9.73. The monoisotopic (exact) mass is 669 g/mol. The Kier molecular flexibility index (Phi) is 9.10. The molecule has 6 heteroatoms. The summed E-state index contributed by atoms with van der Waals surface area (Å²) in [4.78, 5) is 18.8. The van der Waals surface area contributed by atoms with E-state index in [2.05, 4.69) is 118 Å². The molecule has 50 heavy (non-hydrogen) atoms. The van der Waals surface area contributed by atoms with Gasteiger partial charge in [-0.25, -0.2) is 9.78 Å². The average Bonchev–Trinajstić information content (AvgIpc) is 3.44. The Labute approximate surface area is 297 Å². The van der Waals surface area contributed by atoms with E-state index in [1.165, 1.54) is 42.4 Å². The number of fused-ring (bicyclic) bond motifs is 4. The molecule has 0 aliphatic heterocycles. The van der Waals surface area contributed by atoms with Crippen molar-refractivity contribution in [2.45, 2.75) is 84.2 Å². The molecule has 7 rings (SSSR count). The lowest BCUT2D eigenvalue weighted by atomic mass is 9.49. The lowest BCUT2D eigenvalue weighted by molar-refractivity contribution is -0.139. The first-order valence-corrected chi connectivity index (χ1v) is 18.3. The van der Waals surface area contributed by atoms with Crippen molar-refractivity contribution in [3.63, 3.8) is 0 Å². The minimum atomic E-state index is -0.993. The highest BCUT2D eigenvalue weighted by Crippen LogP contribution is 2.58. The number of rotatable bonds is 10. The summed E-state index contributed by atoms with van der Waals surface area (Å²) in [6.45, 7) is 11.0. The van der Waals surface area contributed by atoms with E-state index in [-0.39, 0.29) is 17.4 Å². The Bertz CT molecular complexity index is 2040. The average molecular weight is 670 g/mol. The largest absolute Gasteiger partial charge is 0.482 e. The molecular formula is C44H51N3O3. The van der Waals surface area contributed by atoms with Gasteiger partial charge in [0, 0.05) is 18.7 Å². The van der Waals surface area contributed by atoms with E-state index in [9.17, 15) is 9.90 Å². The van der Waals surface area contributed by atoms with Crippen molar-refractivity contribution < 1.29 is 14.6 Å². The van der Waals surface area contributed by atoms with Crippen LogP contribution >= 0.6 is 0 Å². The molecular weight excluding hydrogens is 619 g/mol. The summed E-state index contributed by atoms with van der Waals surface area (Å²) in [6.07, 6.45) is 5.91. The van der Waals surface area contributed by atoms with Crippen LogP contribution in [0, 0.1) is 11.3 Å². The number of aliphatic carboxylic acids is 1.